The summed E-state index contributed by atoms with van der Waals surface area (Å²) in [5, 5.41) is 0. The van der Waals surface area contributed by atoms with E-state index in [4.69, 9.17) is 9.47 Å². The Morgan fingerprint density at radius 2 is 0.750 bits per heavy atom. The molecule has 0 aliphatic heterocycles. The molecule has 0 saturated carbocycles. The maximum absolute atomic E-state index is 12.8. The molecular formula is C37H72N2O5. The summed E-state index contributed by atoms with van der Waals surface area (Å²) in [7, 11) is 3.87. The number of ether oxygens (including phenoxy) is 2. The third kappa shape index (κ3) is 30.4. The lowest BCUT2D eigenvalue weighted by Gasteiger charge is -2.23. The van der Waals surface area contributed by atoms with Crippen LogP contribution in [0.2, 0.25) is 0 Å². The minimum absolute atomic E-state index is 0.0125. The summed E-state index contributed by atoms with van der Waals surface area (Å²) in [6.07, 6.45) is 28.6. The Bertz CT molecular complexity index is 626. The molecule has 0 aliphatic carbocycles. The fourth-order valence-electron chi connectivity index (χ4n) is 5.39. The summed E-state index contributed by atoms with van der Waals surface area (Å²) in [6.45, 7) is 6.15. The van der Waals surface area contributed by atoms with E-state index in [1.807, 2.05) is 19.0 Å². The van der Waals surface area contributed by atoms with Gasteiger partial charge in [0, 0.05) is 25.8 Å². The molecule has 0 fully saturated rings. The molecule has 7 nitrogen and oxygen atoms in total. The highest BCUT2D eigenvalue weighted by atomic mass is 16.5. The van der Waals surface area contributed by atoms with Gasteiger partial charge in [-0.3, -0.25) is 14.4 Å². The molecule has 0 radical (unpaired) electrons. The number of carbonyl (C=O) groups is 3. The highest BCUT2D eigenvalue weighted by Crippen LogP contribution is 2.13. The van der Waals surface area contributed by atoms with E-state index in [1.54, 1.807) is 4.90 Å². The molecule has 7 heteroatoms. The Kier molecular flexibility index (Phi) is 31.5. The summed E-state index contributed by atoms with van der Waals surface area (Å²) in [5.41, 5.74) is 0. The van der Waals surface area contributed by atoms with Crippen molar-refractivity contribution in [3.05, 3.63) is 0 Å². The lowest BCUT2D eigenvalue weighted by molar-refractivity contribution is -0.147. The summed E-state index contributed by atoms with van der Waals surface area (Å²) < 4.78 is 10.9. The molecule has 0 aromatic carbocycles. The maximum atomic E-state index is 12.8. The molecular weight excluding hydrogens is 552 g/mol. The molecule has 0 atom stereocenters. The molecule has 0 unspecified atom stereocenters. The zero-order chi connectivity index (χ0) is 32.5. The number of hydrogen-bond acceptors (Lipinski definition) is 6. The van der Waals surface area contributed by atoms with Gasteiger partial charge in [-0.2, -0.15) is 0 Å². The monoisotopic (exact) mass is 625 g/mol. The van der Waals surface area contributed by atoms with Crippen molar-refractivity contribution in [2.24, 2.45) is 0 Å². The summed E-state index contributed by atoms with van der Waals surface area (Å²) in [6, 6.07) is 0. The minimum atomic E-state index is -0.194. The molecule has 0 rings (SSSR count). The van der Waals surface area contributed by atoms with Crippen LogP contribution in [0.5, 0.6) is 0 Å². The van der Waals surface area contributed by atoms with Gasteiger partial charge in [0.25, 0.3) is 0 Å². The van der Waals surface area contributed by atoms with E-state index < -0.39 is 0 Å². The van der Waals surface area contributed by atoms with Gasteiger partial charge in [0.15, 0.2) is 0 Å². The van der Waals surface area contributed by atoms with Crippen molar-refractivity contribution >= 4 is 17.8 Å². The second-order valence-corrected chi connectivity index (χ2v) is 12.9. The van der Waals surface area contributed by atoms with E-state index >= 15 is 0 Å². The first-order valence-corrected chi connectivity index (χ1v) is 18.6. The van der Waals surface area contributed by atoms with Crippen LogP contribution in [0.3, 0.4) is 0 Å². The number of esters is 2. The highest BCUT2D eigenvalue weighted by Gasteiger charge is 2.15. The van der Waals surface area contributed by atoms with Gasteiger partial charge in [-0.15, -0.1) is 0 Å². The van der Waals surface area contributed by atoms with Crippen molar-refractivity contribution in [3.63, 3.8) is 0 Å². The number of carbonyl (C=O) groups excluding carboxylic acids is 3. The van der Waals surface area contributed by atoms with Gasteiger partial charge in [0.2, 0.25) is 5.91 Å². The Hall–Kier alpha value is -1.63. The van der Waals surface area contributed by atoms with Crippen molar-refractivity contribution in [2.75, 3.05) is 46.9 Å². The van der Waals surface area contributed by atoms with Crippen LogP contribution in [-0.2, 0) is 23.9 Å². The first kappa shape index (κ1) is 42.4. The molecule has 0 aromatic rings. The van der Waals surface area contributed by atoms with Gasteiger partial charge in [-0.25, -0.2) is 0 Å². The van der Waals surface area contributed by atoms with Crippen LogP contribution in [0.1, 0.15) is 174 Å². The van der Waals surface area contributed by atoms with Crippen LogP contribution in [0.25, 0.3) is 0 Å². The molecule has 0 saturated heterocycles. The molecule has 0 bridgehead atoms. The second-order valence-electron chi connectivity index (χ2n) is 12.9. The molecule has 0 aliphatic rings. The van der Waals surface area contributed by atoms with Crippen LogP contribution in [0.15, 0.2) is 0 Å². The van der Waals surface area contributed by atoms with Gasteiger partial charge in [-0.05, 0) is 26.9 Å². The van der Waals surface area contributed by atoms with Gasteiger partial charge < -0.3 is 19.3 Å². The van der Waals surface area contributed by atoms with Crippen LogP contribution in [0.4, 0.5) is 0 Å². The molecule has 1 amide bonds. The predicted octanol–water partition coefficient (Wildman–Crippen LogP) is 9.26. The molecule has 0 aromatic heterocycles. The quantitative estimate of drug-likeness (QED) is 0.0535. The second kappa shape index (κ2) is 32.8. The van der Waals surface area contributed by atoms with Crippen molar-refractivity contribution in [2.45, 2.75) is 174 Å². The lowest BCUT2D eigenvalue weighted by atomic mass is 10.1. The topological polar surface area (TPSA) is 76.1 Å². The molecule has 260 valence electrons. The average Bonchev–Trinajstić information content (AvgIpc) is 3.00. The Balaban J connectivity index is 4.04. The zero-order valence-corrected chi connectivity index (χ0v) is 29.6. The van der Waals surface area contributed by atoms with Crippen molar-refractivity contribution in [1.29, 1.82) is 0 Å². The first-order valence-electron chi connectivity index (χ1n) is 18.6. The highest BCUT2D eigenvalue weighted by molar-refractivity contribution is 5.76. The fraction of sp³-hybridized carbons (Fsp3) is 0.919. The molecule has 0 spiro atoms. The van der Waals surface area contributed by atoms with E-state index in [0.717, 1.165) is 25.7 Å². The third-order valence-electron chi connectivity index (χ3n) is 8.34. The fourth-order valence-corrected chi connectivity index (χ4v) is 5.39. The lowest BCUT2D eigenvalue weighted by Crippen LogP contribution is -2.38. The Morgan fingerprint density at radius 1 is 0.432 bits per heavy atom. The zero-order valence-electron chi connectivity index (χ0n) is 29.6. The Morgan fingerprint density at radius 3 is 1.07 bits per heavy atom. The van der Waals surface area contributed by atoms with E-state index in [0.29, 0.717) is 38.9 Å². The largest absolute Gasteiger partial charge is 0.464 e. The van der Waals surface area contributed by atoms with Crippen molar-refractivity contribution in [1.82, 2.24) is 9.80 Å². The SMILES string of the molecule is CCCCCCCCCCCCCC(=O)OCCN(CCOC(=O)CCCCCCCCCCCCC)C(=O)CCN(C)C. The molecule has 0 N–H and O–H groups in total. The minimum Gasteiger partial charge on any atom is -0.464 e. The first-order chi connectivity index (χ1) is 21.4. The number of amides is 1. The molecule has 0 heterocycles. The van der Waals surface area contributed by atoms with Gasteiger partial charge in [0.05, 0.1) is 13.1 Å². The van der Waals surface area contributed by atoms with E-state index in [-0.39, 0.29) is 31.1 Å². The van der Waals surface area contributed by atoms with E-state index in [9.17, 15) is 14.4 Å². The standard InChI is InChI=1S/C37H72N2O5/c1-5-7-9-11-13-15-17-19-21-23-25-27-36(41)43-33-31-39(35(40)29-30-38(3)4)32-34-44-37(42)28-26-24-22-20-18-16-14-12-10-8-6-2/h5-34H2,1-4H3. The normalized spacial score (nSPS) is 11.2. The summed E-state index contributed by atoms with van der Waals surface area (Å²) >= 11 is 0. The van der Waals surface area contributed by atoms with Gasteiger partial charge >= 0.3 is 11.9 Å². The maximum Gasteiger partial charge on any atom is 0.305 e. The number of unbranched alkanes of at least 4 members (excludes halogenated alkanes) is 20. The predicted molar refractivity (Wildman–Crippen MR) is 184 cm³/mol. The van der Waals surface area contributed by atoms with Gasteiger partial charge in [-0.1, -0.05) is 142 Å². The Labute approximate surface area is 272 Å². The average molecular weight is 625 g/mol. The van der Waals surface area contributed by atoms with Crippen LogP contribution in [-0.4, -0.2) is 74.6 Å². The smallest absolute Gasteiger partial charge is 0.305 e. The van der Waals surface area contributed by atoms with Gasteiger partial charge in [0.1, 0.15) is 13.2 Å². The van der Waals surface area contributed by atoms with Crippen molar-refractivity contribution < 1.29 is 23.9 Å². The summed E-state index contributed by atoms with van der Waals surface area (Å²) in [5.74, 6) is -0.401. The third-order valence-corrected chi connectivity index (χ3v) is 8.34. The van der Waals surface area contributed by atoms with Crippen LogP contribution < -0.4 is 0 Å². The van der Waals surface area contributed by atoms with Crippen molar-refractivity contribution in [3.8, 4) is 0 Å². The number of nitrogens with zero attached hydrogens (tertiary/aromatic N) is 2. The van der Waals surface area contributed by atoms with Crippen LogP contribution >= 0.6 is 0 Å². The summed E-state index contributed by atoms with van der Waals surface area (Å²) in [4.78, 5) is 40.9. The van der Waals surface area contributed by atoms with E-state index in [1.165, 1.54) is 116 Å². The molecule has 44 heavy (non-hydrogen) atoms. The van der Waals surface area contributed by atoms with E-state index in [2.05, 4.69) is 13.8 Å². The number of hydrogen-bond donors (Lipinski definition) is 0. The van der Waals surface area contributed by atoms with Crippen LogP contribution in [0, 0.1) is 0 Å². The number of rotatable bonds is 33.